The first-order valence-electron chi connectivity index (χ1n) is 6.48. The number of carbonyl (C=O) groups excluding carboxylic acids is 1. The van der Waals surface area contributed by atoms with Crippen LogP contribution in [0, 0.1) is 0 Å². The van der Waals surface area contributed by atoms with E-state index in [1.165, 1.54) is 11.1 Å². The van der Waals surface area contributed by atoms with E-state index in [0.717, 1.165) is 32.7 Å². The third-order valence-electron chi connectivity index (χ3n) is 3.44. The van der Waals surface area contributed by atoms with Crippen LogP contribution in [0.5, 0.6) is 0 Å². The van der Waals surface area contributed by atoms with Gasteiger partial charge in [0.2, 0.25) is 5.91 Å². The first-order chi connectivity index (χ1) is 9.19. The lowest BCUT2D eigenvalue weighted by Gasteiger charge is -2.34. The summed E-state index contributed by atoms with van der Waals surface area (Å²) in [5.41, 5.74) is 2.51. The van der Waals surface area contributed by atoms with Gasteiger partial charge in [0.25, 0.3) is 0 Å². The zero-order valence-corrected chi connectivity index (χ0v) is 13.3. The molecule has 1 aromatic carbocycles. The summed E-state index contributed by atoms with van der Waals surface area (Å²) >= 11 is 1.92. The van der Waals surface area contributed by atoms with E-state index < -0.39 is 0 Å². The molecule has 0 N–H and O–H groups in total. The van der Waals surface area contributed by atoms with Gasteiger partial charge in [-0.15, -0.1) is 0 Å². The fourth-order valence-corrected chi connectivity index (χ4v) is 2.72. The van der Waals surface area contributed by atoms with Crippen LogP contribution in [0.1, 0.15) is 18.1 Å². The number of nitrogens with zero attached hydrogens (tertiary/aromatic N) is 2. The summed E-state index contributed by atoms with van der Waals surface area (Å²) in [6, 6.07) is 8.49. The zero-order chi connectivity index (χ0) is 13.7. The van der Waals surface area contributed by atoms with Gasteiger partial charge in [-0.25, -0.2) is 0 Å². The molecule has 0 aliphatic carbocycles. The highest BCUT2D eigenvalue weighted by molar-refractivity contribution is 14.1. The second-order valence-corrected chi connectivity index (χ2v) is 5.48. The van der Waals surface area contributed by atoms with Crippen LogP contribution in [-0.2, 0) is 21.0 Å². The van der Waals surface area contributed by atoms with Crippen molar-refractivity contribution >= 4 is 28.9 Å². The summed E-state index contributed by atoms with van der Waals surface area (Å²) in [4.78, 5) is 15.6. The maximum absolute atomic E-state index is 11.3. The van der Waals surface area contributed by atoms with E-state index in [-0.39, 0.29) is 5.91 Å². The second kappa shape index (κ2) is 7.21. The van der Waals surface area contributed by atoms with Crippen molar-refractivity contribution in [3.63, 3.8) is 0 Å². The molecular formula is C14H19IN2O2. The number of benzene rings is 1. The summed E-state index contributed by atoms with van der Waals surface area (Å²) < 4.78 is 5.13. The molecule has 1 amide bonds. The highest BCUT2D eigenvalue weighted by atomic mass is 127. The summed E-state index contributed by atoms with van der Waals surface area (Å²) in [6.07, 6.45) is 0. The minimum Gasteiger partial charge on any atom is -0.340 e. The fourth-order valence-electron chi connectivity index (χ4n) is 2.36. The fraction of sp³-hybridized carbons (Fsp3) is 0.500. The molecule has 1 aliphatic rings. The monoisotopic (exact) mass is 374 g/mol. The van der Waals surface area contributed by atoms with Gasteiger partial charge in [0.1, 0.15) is 23.0 Å². The van der Waals surface area contributed by atoms with Gasteiger partial charge in [0.15, 0.2) is 0 Å². The van der Waals surface area contributed by atoms with Gasteiger partial charge < -0.3 is 7.97 Å². The van der Waals surface area contributed by atoms with Gasteiger partial charge in [0.05, 0.1) is 6.61 Å². The summed E-state index contributed by atoms with van der Waals surface area (Å²) in [7, 11) is 0. The first-order valence-corrected chi connectivity index (χ1v) is 7.36. The van der Waals surface area contributed by atoms with Crippen molar-refractivity contribution in [1.82, 2.24) is 9.80 Å². The number of halogens is 1. The van der Waals surface area contributed by atoms with E-state index in [1.54, 1.807) is 6.92 Å². The van der Waals surface area contributed by atoms with Crippen molar-refractivity contribution in [3.05, 3.63) is 35.4 Å². The second-order valence-electron chi connectivity index (χ2n) is 4.86. The maximum Gasteiger partial charge on any atom is 0.219 e. The maximum atomic E-state index is 11.3. The lowest BCUT2D eigenvalue weighted by molar-refractivity contribution is -0.130. The van der Waals surface area contributed by atoms with Gasteiger partial charge in [-0.05, 0) is 11.1 Å². The quantitative estimate of drug-likeness (QED) is 0.758. The molecule has 1 saturated heterocycles. The number of hydrogen-bond donors (Lipinski definition) is 0. The molecule has 0 radical (unpaired) electrons. The lowest BCUT2D eigenvalue weighted by Crippen LogP contribution is -2.47. The molecule has 0 aromatic heterocycles. The molecular weight excluding hydrogens is 355 g/mol. The number of amides is 1. The van der Waals surface area contributed by atoms with Crippen LogP contribution >= 0.6 is 23.0 Å². The minimum absolute atomic E-state index is 0.181. The van der Waals surface area contributed by atoms with E-state index in [2.05, 4.69) is 29.2 Å². The normalized spacial score (nSPS) is 16.6. The van der Waals surface area contributed by atoms with E-state index in [4.69, 9.17) is 3.07 Å². The molecule has 1 aliphatic heterocycles. The largest absolute Gasteiger partial charge is 0.340 e. The molecule has 0 atom stereocenters. The van der Waals surface area contributed by atoms with E-state index in [1.807, 2.05) is 27.9 Å². The molecule has 1 aromatic rings. The van der Waals surface area contributed by atoms with Crippen molar-refractivity contribution in [2.24, 2.45) is 0 Å². The molecule has 1 heterocycles. The molecule has 4 nitrogen and oxygen atoms in total. The standard InChI is InChI=1S/C14H19IN2O2/c1-12(18)17-7-5-16(6-8-17)10-13-3-2-4-14(9-13)11-19-15/h2-4,9H,5-8,10-11H2,1H3. The molecule has 0 spiro atoms. The Labute approximate surface area is 128 Å². The number of rotatable bonds is 4. The predicted molar refractivity (Wildman–Crippen MR) is 82.8 cm³/mol. The molecule has 0 saturated carbocycles. The Balaban J connectivity index is 1.88. The highest BCUT2D eigenvalue weighted by Gasteiger charge is 2.18. The lowest BCUT2D eigenvalue weighted by atomic mass is 10.1. The van der Waals surface area contributed by atoms with Crippen LogP contribution in [0.15, 0.2) is 24.3 Å². The van der Waals surface area contributed by atoms with Crippen LogP contribution in [-0.4, -0.2) is 41.9 Å². The average Bonchev–Trinajstić information content (AvgIpc) is 2.40. The average molecular weight is 374 g/mol. The van der Waals surface area contributed by atoms with Gasteiger partial charge in [0, 0.05) is 39.6 Å². The van der Waals surface area contributed by atoms with E-state index >= 15 is 0 Å². The molecule has 0 unspecified atom stereocenters. The smallest absolute Gasteiger partial charge is 0.219 e. The Morgan fingerprint density at radius 2 is 1.95 bits per heavy atom. The molecule has 1 fully saturated rings. The number of hydrogen-bond acceptors (Lipinski definition) is 3. The van der Waals surface area contributed by atoms with Gasteiger partial charge in [-0.1, -0.05) is 24.3 Å². The molecule has 0 bridgehead atoms. The van der Waals surface area contributed by atoms with Crippen molar-refractivity contribution in [2.75, 3.05) is 26.2 Å². The Bertz CT molecular complexity index is 431. The minimum atomic E-state index is 0.181. The molecule has 2 rings (SSSR count). The summed E-state index contributed by atoms with van der Waals surface area (Å²) in [6.45, 7) is 6.81. The third kappa shape index (κ3) is 4.43. The molecule has 5 heteroatoms. The Hall–Kier alpha value is -0.660. The summed E-state index contributed by atoms with van der Waals surface area (Å²) in [5, 5.41) is 0. The molecule has 19 heavy (non-hydrogen) atoms. The Morgan fingerprint density at radius 3 is 2.58 bits per heavy atom. The number of piperazine rings is 1. The Kier molecular flexibility index (Phi) is 5.59. The van der Waals surface area contributed by atoms with Crippen LogP contribution in [0.2, 0.25) is 0 Å². The van der Waals surface area contributed by atoms with Crippen LogP contribution in [0.25, 0.3) is 0 Å². The Morgan fingerprint density at radius 1 is 1.26 bits per heavy atom. The SMILES string of the molecule is CC(=O)N1CCN(Cc2cccc(COI)c2)CC1. The summed E-state index contributed by atoms with van der Waals surface area (Å²) in [5.74, 6) is 0.181. The molecule has 104 valence electrons. The predicted octanol–water partition coefficient (Wildman–Crippen LogP) is 2.22. The van der Waals surface area contributed by atoms with Crippen molar-refractivity contribution in [1.29, 1.82) is 0 Å². The topological polar surface area (TPSA) is 32.8 Å². The van der Waals surface area contributed by atoms with E-state index in [9.17, 15) is 4.79 Å². The van der Waals surface area contributed by atoms with Gasteiger partial charge >= 0.3 is 0 Å². The van der Waals surface area contributed by atoms with E-state index in [0.29, 0.717) is 6.61 Å². The van der Waals surface area contributed by atoms with Crippen molar-refractivity contribution in [2.45, 2.75) is 20.1 Å². The van der Waals surface area contributed by atoms with Crippen molar-refractivity contribution < 1.29 is 7.86 Å². The van der Waals surface area contributed by atoms with Crippen LogP contribution < -0.4 is 0 Å². The number of carbonyl (C=O) groups is 1. The third-order valence-corrected chi connectivity index (χ3v) is 3.75. The van der Waals surface area contributed by atoms with Gasteiger partial charge in [-0.3, -0.25) is 9.69 Å². The first kappa shape index (κ1) is 14.7. The highest BCUT2D eigenvalue weighted by Crippen LogP contribution is 2.12. The van der Waals surface area contributed by atoms with Crippen LogP contribution in [0.4, 0.5) is 0 Å². The van der Waals surface area contributed by atoms with Crippen molar-refractivity contribution in [3.8, 4) is 0 Å². The van der Waals surface area contributed by atoms with Crippen LogP contribution in [0.3, 0.4) is 0 Å². The van der Waals surface area contributed by atoms with Gasteiger partial charge in [-0.2, -0.15) is 0 Å². The zero-order valence-electron chi connectivity index (χ0n) is 11.1.